The van der Waals surface area contributed by atoms with Crippen molar-refractivity contribution in [1.82, 2.24) is 10.2 Å². The first kappa shape index (κ1) is 7.76. The summed E-state index contributed by atoms with van der Waals surface area (Å²) >= 11 is 0. The van der Waals surface area contributed by atoms with Crippen LogP contribution in [-0.2, 0) is 9.53 Å². The highest BCUT2D eigenvalue weighted by Crippen LogP contribution is 2.33. The van der Waals surface area contributed by atoms with Crippen molar-refractivity contribution < 1.29 is 9.53 Å². The molecule has 0 aromatic carbocycles. The van der Waals surface area contributed by atoms with Crippen LogP contribution in [0.15, 0.2) is 0 Å². The SMILES string of the molecule is O=C1N(C2CC2)CCOC12CNC2. The van der Waals surface area contributed by atoms with Crippen molar-refractivity contribution >= 4 is 5.91 Å². The fraction of sp³-hybridized carbons (Fsp3) is 0.889. The Morgan fingerprint density at radius 3 is 2.77 bits per heavy atom. The Morgan fingerprint density at radius 1 is 1.46 bits per heavy atom. The number of rotatable bonds is 1. The van der Waals surface area contributed by atoms with Crippen molar-refractivity contribution in [2.45, 2.75) is 24.5 Å². The quantitative estimate of drug-likeness (QED) is 0.586. The van der Waals surface area contributed by atoms with Crippen LogP contribution in [0.3, 0.4) is 0 Å². The number of hydrogen-bond acceptors (Lipinski definition) is 3. The molecule has 2 aliphatic heterocycles. The van der Waals surface area contributed by atoms with E-state index in [1.54, 1.807) is 0 Å². The number of nitrogens with zero attached hydrogens (tertiary/aromatic N) is 1. The number of hydrogen-bond donors (Lipinski definition) is 1. The van der Waals surface area contributed by atoms with E-state index in [1.165, 1.54) is 12.8 Å². The van der Waals surface area contributed by atoms with Crippen LogP contribution >= 0.6 is 0 Å². The smallest absolute Gasteiger partial charge is 0.257 e. The van der Waals surface area contributed by atoms with Gasteiger partial charge in [0.25, 0.3) is 5.91 Å². The summed E-state index contributed by atoms with van der Waals surface area (Å²) in [6.07, 6.45) is 2.38. The third kappa shape index (κ3) is 1.02. The fourth-order valence-corrected chi connectivity index (χ4v) is 2.10. The molecule has 4 heteroatoms. The second-order valence-electron chi connectivity index (χ2n) is 4.18. The number of morpholine rings is 1. The molecule has 3 rings (SSSR count). The molecule has 1 spiro atoms. The molecule has 13 heavy (non-hydrogen) atoms. The minimum absolute atomic E-state index is 0.222. The molecule has 2 heterocycles. The Balaban J connectivity index is 1.79. The second-order valence-corrected chi connectivity index (χ2v) is 4.18. The molecular weight excluding hydrogens is 168 g/mol. The molecule has 0 atom stereocenters. The Kier molecular flexibility index (Phi) is 1.46. The van der Waals surface area contributed by atoms with Gasteiger partial charge < -0.3 is 15.0 Å². The van der Waals surface area contributed by atoms with Crippen LogP contribution in [0.1, 0.15) is 12.8 Å². The van der Waals surface area contributed by atoms with E-state index in [-0.39, 0.29) is 5.91 Å². The van der Waals surface area contributed by atoms with Gasteiger partial charge in [0.15, 0.2) is 5.60 Å². The average molecular weight is 182 g/mol. The van der Waals surface area contributed by atoms with Crippen LogP contribution in [-0.4, -0.2) is 48.7 Å². The third-order valence-corrected chi connectivity index (χ3v) is 3.17. The predicted molar refractivity (Wildman–Crippen MR) is 46.3 cm³/mol. The van der Waals surface area contributed by atoms with Gasteiger partial charge in [0.05, 0.1) is 6.61 Å². The van der Waals surface area contributed by atoms with Gasteiger partial charge in [-0.15, -0.1) is 0 Å². The van der Waals surface area contributed by atoms with Crippen molar-refractivity contribution in [2.75, 3.05) is 26.2 Å². The molecule has 1 amide bonds. The molecule has 4 nitrogen and oxygen atoms in total. The summed E-state index contributed by atoms with van der Waals surface area (Å²) in [6, 6.07) is 0.536. The van der Waals surface area contributed by atoms with Crippen LogP contribution in [0.5, 0.6) is 0 Å². The Labute approximate surface area is 77.2 Å². The molecule has 0 radical (unpaired) electrons. The first-order valence-electron chi connectivity index (χ1n) is 4.98. The van der Waals surface area contributed by atoms with E-state index in [1.807, 2.05) is 4.90 Å². The maximum atomic E-state index is 12.0. The predicted octanol–water partition coefficient (Wildman–Crippen LogP) is -0.650. The van der Waals surface area contributed by atoms with Gasteiger partial charge in [-0.3, -0.25) is 4.79 Å². The highest BCUT2D eigenvalue weighted by molar-refractivity contribution is 5.88. The summed E-state index contributed by atoms with van der Waals surface area (Å²) in [7, 11) is 0. The van der Waals surface area contributed by atoms with Crippen molar-refractivity contribution in [3.63, 3.8) is 0 Å². The molecule has 3 fully saturated rings. The summed E-state index contributed by atoms with van der Waals surface area (Å²) in [5.74, 6) is 0.222. The van der Waals surface area contributed by atoms with E-state index in [0.717, 1.165) is 6.54 Å². The first-order valence-corrected chi connectivity index (χ1v) is 4.98. The number of ether oxygens (including phenoxy) is 1. The van der Waals surface area contributed by atoms with Crippen LogP contribution < -0.4 is 5.32 Å². The molecule has 1 aliphatic carbocycles. The van der Waals surface area contributed by atoms with Crippen LogP contribution in [0, 0.1) is 0 Å². The van der Waals surface area contributed by atoms with E-state index in [0.29, 0.717) is 25.7 Å². The Bertz CT molecular complexity index is 246. The van der Waals surface area contributed by atoms with Crippen molar-refractivity contribution in [3.05, 3.63) is 0 Å². The average Bonchev–Trinajstić information content (AvgIpc) is 2.85. The molecule has 0 bridgehead atoms. The van der Waals surface area contributed by atoms with Crippen molar-refractivity contribution in [2.24, 2.45) is 0 Å². The number of nitrogens with one attached hydrogen (secondary N) is 1. The zero-order valence-electron chi connectivity index (χ0n) is 7.58. The molecule has 0 aromatic rings. The number of amides is 1. The lowest BCUT2D eigenvalue weighted by Crippen LogP contribution is -2.72. The van der Waals surface area contributed by atoms with E-state index in [9.17, 15) is 4.79 Å². The second kappa shape index (κ2) is 2.45. The monoisotopic (exact) mass is 182 g/mol. The molecule has 0 unspecified atom stereocenters. The third-order valence-electron chi connectivity index (χ3n) is 3.17. The lowest BCUT2D eigenvalue weighted by Gasteiger charge is -2.47. The van der Waals surface area contributed by atoms with E-state index in [4.69, 9.17) is 4.74 Å². The van der Waals surface area contributed by atoms with Gasteiger partial charge >= 0.3 is 0 Å². The maximum absolute atomic E-state index is 12.0. The van der Waals surface area contributed by atoms with E-state index < -0.39 is 5.60 Å². The normalized spacial score (nSPS) is 32.0. The largest absolute Gasteiger partial charge is 0.361 e. The van der Waals surface area contributed by atoms with Gasteiger partial charge in [0.1, 0.15) is 0 Å². The summed E-state index contributed by atoms with van der Waals surface area (Å²) in [6.45, 7) is 2.92. The van der Waals surface area contributed by atoms with Crippen LogP contribution in [0.2, 0.25) is 0 Å². The summed E-state index contributed by atoms with van der Waals surface area (Å²) < 4.78 is 5.57. The fourth-order valence-electron chi connectivity index (χ4n) is 2.10. The molecule has 0 aromatic heterocycles. The minimum atomic E-state index is -0.471. The van der Waals surface area contributed by atoms with Gasteiger partial charge in [0.2, 0.25) is 0 Å². The standard InChI is InChI=1S/C9H14N2O2/c12-8-9(5-10-6-9)13-4-3-11(8)7-1-2-7/h7,10H,1-6H2. The first-order chi connectivity index (χ1) is 6.32. The lowest BCUT2D eigenvalue weighted by molar-refractivity contribution is -0.180. The molecule has 3 aliphatic rings. The van der Waals surface area contributed by atoms with E-state index >= 15 is 0 Å². The minimum Gasteiger partial charge on any atom is -0.361 e. The van der Waals surface area contributed by atoms with Gasteiger partial charge in [0, 0.05) is 25.7 Å². The van der Waals surface area contributed by atoms with Crippen LogP contribution in [0.25, 0.3) is 0 Å². The number of carbonyl (C=O) groups is 1. The summed E-state index contributed by atoms with van der Waals surface area (Å²) in [5, 5.41) is 3.11. The van der Waals surface area contributed by atoms with Gasteiger partial charge in [-0.1, -0.05) is 0 Å². The van der Waals surface area contributed by atoms with Gasteiger partial charge in [-0.25, -0.2) is 0 Å². The molecule has 1 saturated carbocycles. The summed E-state index contributed by atoms with van der Waals surface area (Å²) in [5.41, 5.74) is -0.471. The Hall–Kier alpha value is -0.610. The molecule has 2 saturated heterocycles. The Morgan fingerprint density at radius 2 is 2.23 bits per heavy atom. The molecule has 72 valence electrons. The van der Waals surface area contributed by atoms with Crippen molar-refractivity contribution in [1.29, 1.82) is 0 Å². The molecular formula is C9H14N2O2. The lowest BCUT2D eigenvalue weighted by atomic mass is 9.93. The zero-order valence-corrected chi connectivity index (χ0v) is 7.58. The van der Waals surface area contributed by atoms with Crippen molar-refractivity contribution in [3.8, 4) is 0 Å². The molecule has 1 N–H and O–H groups in total. The highest BCUT2D eigenvalue weighted by atomic mass is 16.5. The highest BCUT2D eigenvalue weighted by Gasteiger charge is 2.52. The van der Waals surface area contributed by atoms with E-state index in [2.05, 4.69) is 5.32 Å². The summed E-state index contributed by atoms with van der Waals surface area (Å²) in [4.78, 5) is 14.0. The maximum Gasteiger partial charge on any atom is 0.257 e. The number of carbonyl (C=O) groups excluding carboxylic acids is 1. The van der Waals surface area contributed by atoms with Gasteiger partial charge in [-0.2, -0.15) is 0 Å². The van der Waals surface area contributed by atoms with Gasteiger partial charge in [-0.05, 0) is 12.8 Å². The van der Waals surface area contributed by atoms with Crippen LogP contribution in [0.4, 0.5) is 0 Å². The topological polar surface area (TPSA) is 41.6 Å². The zero-order chi connectivity index (χ0) is 8.89.